The summed E-state index contributed by atoms with van der Waals surface area (Å²) in [6, 6.07) is 12.7. The zero-order valence-electron chi connectivity index (χ0n) is 20.0. The molecule has 12 heteroatoms. The zero-order valence-corrected chi connectivity index (χ0v) is 20.0. The van der Waals surface area contributed by atoms with Crippen molar-refractivity contribution in [2.24, 2.45) is 0 Å². The third-order valence-corrected chi connectivity index (χ3v) is 4.31. The van der Waals surface area contributed by atoms with Crippen molar-refractivity contribution in [1.29, 1.82) is 0 Å². The van der Waals surface area contributed by atoms with Crippen molar-refractivity contribution >= 4 is 35.3 Å². The molecule has 2 aromatic rings. The Morgan fingerprint density at radius 2 is 0.861 bits per heavy atom. The molecule has 0 aromatic heterocycles. The summed E-state index contributed by atoms with van der Waals surface area (Å²) in [6.45, 7) is 1.80. The van der Waals surface area contributed by atoms with Gasteiger partial charge in [0.1, 0.15) is 50.9 Å². The van der Waals surface area contributed by atoms with Crippen molar-refractivity contribution < 1.29 is 49.1 Å². The minimum Gasteiger partial charge on any atom is -0.488 e. The van der Waals surface area contributed by atoms with Crippen molar-refractivity contribution in [1.82, 2.24) is 0 Å². The lowest BCUT2D eigenvalue weighted by atomic mass is 10.2. The van der Waals surface area contributed by atoms with Gasteiger partial charge < -0.3 is 39.7 Å². The Labute approximate surface area is 207 Å². The van der Waals surface area contributed by atoms with Gasteiger partial charge in [-0.1, -0.05) is 38.1 Å². The summed E-state index contributed by atoms with van der Waals surface area (Å²) in [5, 5.41) is 36.4. The molecular formula is C24H30N2O10. The summed E-state index contributed by atoms with van der Waals surface area (Å²) in [4.78, 5) is 46.9. The number of para-hydroxylation sites is 4. The predicted octanol–water partition coefficient (Wildman–Crippen LogP) is 2.12. The van der Waals surface area contributed by atoms with Gasteiger partial charge in [0.15, 0.2) is 0 Å². The molecule has 0 radical (unpaired) electrons. The van der Waals surface area contributed by atoms with Crippen LogP contribution in [0.2, 0.25) is 0 Å². The van der Waals surface area contributed by atoms with E-state index in [1.165, 1.54) is 12.1 Å². The third-order valence-electron chi connectivity index (χ3n) is 4.31. The number of rotatable bonds is 15. The molecule has 196 valence electrons. The number of hydrogen-bond donors (Lipinski definition) is 4. The molecule has 0 aliphatic carbocycles. The van der Waals surface area contributed by atoms with Gasteiger partial charge in [0, 0.05) is 0 Å². The number of ether oxygens (including phenoxy) is 2. The lowest BCUT2D eigenvalue weighted by Gasteiger charge is -2.24. The average Bonchev–Trinajstić information content (AvgIpc) is 2.81. The lowest BCUT2D eigenvalue weighted by Crippen LogP contribution is -2.35. The second-order valence-electron chi connectivity index (χ2n) is 6.92. The van der Waals surface area contributed by atoms with Crippen molar-refractivity contribution in [2.75, 3.05) is 49.2 Å². The predicted molar refractivity (Wildman–Crippen MR) is 130 cm³/mol. The fourth-order valence-corrected chi connectivity index (χ4v) is 3.09. The molecule has 36 heavy (non-hydrogen) atoms. The van der Waals surface area contributed by atoms with E-state index in [9.17, 15) is 19.2 Å². The van der Waals surface area contributed by atoms with Gasteiger partial charge >= 0.3 is 23.9 Å². The lowest BCUT2D eigenvalue weighted by molar-refractivity contribution is -0.138. The molecule has 12 nitrogen and oxygen atoms in total. The molecule has 0 aliphatic heterocycles. The van der Waals surface area contributed by atoms with Crippen LogP contribution in [0.5, 0.6) is 11.5 Å². The van der Waals surface area contributed by atoms with Crippen LogP contribution in [-0.2, 0) is 19.2 Å². The highest BCUT2D eigenvalue weighted by atomic mass is 16.5. The van der Waals surface area contributed by atoms with Crippen LogP contribution in [0.1, 0.15) is 13.8 Å². The van der Waals surface area contributed by atoms with Crippen molar-refractivity contribution in [2.45, 2.75) is 13.8 Å². The number of carboxylic acid groups (broad SMARTS) is 4. The molecule has 0 spiro atoms. The number of carbonyl (C=O) groups is 4. The number of benzene rings is 2. The van der Waals surface area contributed by atoms with Crippen LogP contribution in [-0.4, -0.2) is 83.7 Å². The maximum Gasteiger partial charge on any atom is 0.323 e. The van der Waals surface area contributed by atoms with Crippen LogP contribution in [0.25, 0.3) is 0 Å². The first-order valence-corrected chi connectivity index (χ1v) is 11.0. The van der Waals surface area contributed by atoms with Gasteiger partial charge in [-0.15, -0.1) is 0 Å². The van der Waals surface area contributed by atoms with Crippen molar-refractivity contribution in [3.8, 4) is 11.5 Å². The molecule has 0 atom stereocenters. The van der Waals surface area contributed by atoms with E-state index < -0.39 is 50.1 Å². The largest absolute Gasteiger partial charge is 0.488 e. The van der Waals surface area contributed by atoms with E-state index in [0.29, 0.717) is 0 Å². The first kappa shape index (κ1) is 29.6. The van der Waals surface area contributed by atoms with Crippen LogP contribution in [0.3, 0.4) is 0 Å². The summed E-state index contributed by atoms with van der Waals surface area (Å²) in [5.74, 6) is -4.32. The molecule has 0 heterocycles. The van der Waals surface area contributed by atoms with E-state index >= 15 is 0 Å². The van der Waals surface area contributed by atoms with Gasteiger partial charge in [0.05, 0.1) is 11.4 Å². The van der Waals surface area contributed by atoms with Gasteiger partial charge in [0.25, 0.3) is 0 Å². The van der Waals surface area contributed by atoms with Crippen LogP contribution >= 0.6 is 0 Å². The standard InChI is InChI=1S/C22H24N2O10.C2H6/c25-19(26)11-23(12-20(27)28)15-5-1-3-7-17(15)33-9-10-34-18-8-4-2-6-16(18)24(13-21(29)30)14-22(31)32;1-2/h1-8H,9-14H2,(H,25,26)(H,27,28)(H,29,30)(H,31,32);1-2H3. The topological polar surface area (TPSA) is 174 Å². The Morgan fingerprint density at radius 1 is 0.583 bits per heavy atom. The monoisotopic (exact) mass is 506 g/mol. The molecule has 0 amide bonds. The third kappa shape index (κ3) is 10.2. The van der Waals surface area contributed by atoms with Crippen molar-refractivity contribution in [3.05, 3.63) is 48.5 Å². The smallest absolute Gasteiger partial charge is 0.323 e. The fourth-order valence-electron chi connectivity index (χ4n) is 3.09. The molecule has 0 bridgehead atoms. The van der Waals surface area contributed by atoms with Crippen LogP contribution in [0, 0.1) is 0 Å². The van der Waals surface area contributed by atoms with Gasteiger partial charge in [0.2, 0.25) is 0 Å². The van der Waals surface area contributed by atoms with Crippen LogP contribution in [0.4, 0.5) is 11.4 Å². The fraction of sp³-hybridized carbons (Fsp3) is 0.333. The van der Waals surface area contributed by atoms with Gasteiger partial charge in [-0.3, -0.25) is 19.2 Å². The van der Waals surface area contributed by atoms with E-state index in [0.717, 1.165) is 9.80 Å². The molecule has 2 rings (SSSR count). The Morgan fingerprint density at radius 3 is 1.14 bits per heavy atom. The quantitative estimate of drug-likeness (QED) is 0.259. The SMILES string of the molecule is CC.O=C(O)CN(CC(=O)O)c1ccccc1OCCOc1ccccc1N(CC(=O)O)CC(=O)O. The van der Waals surface area contributed by atoms with Crippen LogP contribution < -0.4 is 19.3 Å². The molecule has 2 aromatic carbocycles. The minimum absolute atomic E-state index is 0.0167. The highest BCUT2D eigenvalue weighted by molar-refractivity contribution is 5.81. The van der Waals surface area contributed by atoms with Crippen LogP contribution in [0.15, 0.2) is 48.5 Å². The number of anilines is 2. The molecule has 0 fully saturated rings. The minimum atomic E-state index is -1.21. The summed E-state index contributed by atoms with van der Waals surface area (Å²) >= 11 is 0. The molecule has 0 saturated heterocycles. The maximum atomic E-state index is 11.1. The molecule has 0 aliphatic rings. The van der Waals surface area contributed by atoms with E-state index in [-0.39, 0.29) is 36.1 Å². The normalized spacial score (nSPS) is 9.83. The average molecular weight is 507 g/mol. The number of nitrogens with zero attached hydrogens (tertiary/aromatic N) is 2. The van der Waals surface area contributed by atoms with Crippen molar-refractivity contribution in [3.63, 3.8) is 0 Å². The molecule has 4 N–H and O–H groups in total. The van der Waals surface area contributed by atoms with Gasteiger partial charge in [-0.05, 0) is 24.3 Å². The second-order valence-corrected chi connectivity index (χ2v) is 6.92. The summed E-state index contributed by atoms with van der Waals surface area (Å²) < 4.78 is 11.4. The summed E-state index contributed by atoms with van der Waals surface area (Å²) in [6.07, 6.45) is 0. The van der Waals surface area contributed by atoms with E-state index in [2.05, 4.69) is 0 Å². The highest BCUT2D eigenvalue weighted by Gasteiger charge is 2.19. The highest BCUT2D eigenvalue weighted by Crippen LogP contribution is 2.29. The van der Waals surface area contributed by atoms with Gasteiger partial charge in [-0.25, -0.2) is 0 Å². The Bertz CT molecular complexity index is 914. The first-order valence-electron chi connectivity index (χ1n) is 11.0. The number of carboxylic acids is 4. The Balaban J connectivity index is 0.00000316. The Kier molecular flexibility index (Phi) is 12.7. The Hall–Kier alpha value is -4.48. The van der Waals surface area contributed by atoms with Gasteiger partial charge in [-0.2, -0.15) is 0 Å². The van der Waals surface area contributed by atoms with E-state index in [1.807, 2.05) is 13.8 Å². The molecule has 0 unspecified atom stereocenters. The number of aliphatic carboxylic acids is 4. The molecular weight excluding hydrogens is 476 g/mol. The number of hydrogen-bond acceptors (Lipinski definition) is 8. The zero-order chi connectivity index (χ0) is 27.1. The first-order chi connectivity index (χ1) is 17.2. The van der Waals surface area contributed by atoms with E-state index in [1.54, 1.807) is 36.4 Å². The summed E-state index contributed by atoms with van der Waals surface area (Å²) in [7, 11) is 0. The summed E-state index contributed by atoms with van der Waals surface area (Å²) in [5.41, 5.74) is 0.559. The second kappa shape index (κ2) is 15.4. The maximum absolute atomic E-state index is 11.1. The van der Waals surface area contributed by atoms with E-state index in [4.69, 9.17) is 29.9 Å². The molecule has 0 saturated carbocycles.